The lowest BCUT2D eigenvalue weighted by atomic mass is 10.2. The summed E-state index contributed by atoms with van der Waals surface area (Å²) < 4.78 is 8.40. The van der Waals surface area contributed by atoms with Gasteiger partial charge < -0.3 is 10.5 Å². The van der Waals surface area contributed by atoms with E-state index in [4.69, 9.17) is 22.7 Å². The summed E-state index contributed by atoms with van der Waals surface area (Å²) >= 11 is 8.37. The predicted molar refractivity (Wildman–Crippen MR) is 82.7 cm³/mol. The molecule has 19 heavy (non-hydrogen) atoms. The Kier molecular flexibility index (Phi) is 4.21. The van der Waals surface area contributed by atoms with Crippen molar-refractivity contribution in [3.8, 4) is 11.5 Å². The number of hydrogen-bond acceptors (Lipinski definition) is 3. The summed E-state index contributed by atoms with van der Waals surface area (Å²) in [5, 5.41) is 4.22. The number of rotatable bonds is 4. The zero-order valence-corrected chi connectivity index (χ0v) is 13.0. The maximum absolute atomic E-state index is 5.76. The molecule has 2 N–H and O–H groups in total. The maximum Gasteiger partial charge on any atom is 0.165 e. The third-order valence-corrected chi connectivity index (χ3v) is 3.41. The molecule has 6 heteroatoms. The first-order chi connectivity index (χ1) is 8.97. The Morgan fingerprint density at radius 1 is 1.47 bits per heavy atom. The minimum Gasteiger partial charge on any atom is -0.453 e. The normalized spacial score (nSPS) is 10.7. The van der Waals surface area contributed by atoms with Gasteiger partial charge in [0.1, 0.15) is 10.7 Å². The first-order valence-corrected chi connectivity index (χ1v) is 6.99. The number of halogens is 1. The van der Waals surface area contributed by atoms with Crippen LogP contribution in [0.2, 0.25) is 0 Å². The molecule has 0 fully saturated rings. The second-order valence-corrected chi connectivity index (χ2v) is 5.66. The van der Waals surface area contributed by atoms with Crippen molar-refractivity contribution in [1.82, 2.24) is 9.78 Å². The highest BCUT2D eigenvalue weighted by molar-refractivity contribution is 9.10. The lowest BCUT2D eigenvalue weighted by Gasteiger charge is -2.07. The van der Waals surface area contributed by atoms with Gasteiger partial charge in [0.05, 0.1) is 16.9 Å². The molecule has 100 valence electrons. The van der Waals surface area contributed by atoms with E-state index in [0.29, 0.717) is 22.5 Å². The summed E-state index contributed by atoms with van der Waals surface area (Å²) in [6.07, 6.45) is 3.55. The number of thiocarbonyl (C=S) groups is 1. The van der Waals surface area contributed by atoms with Crippen LogP contribution in [-0.4, -0.2) is 14.8 Å². The first-order valence-electron chi connectivity index (χ1n) is 5.78. The van der Waals surface area contributed by atoms with Crippen molar-refractivity contribution in [3.05, 3.63) is 40.6 Å². The smallest absolute Gasteiger partial charge is 0.165 e. The number of benzene rings is 1. The Morgan fingerprint density at radius 3 is 2.74 bits per heavy atom. The van der Waals surface area contributed by atoms with Crippen LogP contribution in [0.5, 0.6) is 11.5 Å². The number of nitrogens with two attached hydrogens (primary N) is 1. The van der Waals surface area contributed by atoms with E-state index in [-0.39, 0.29) is 0 Å². The summed E-state index contributed by atoms with van der Waals surface area (Å²) in [5.41, 5.74) is 6.38. The summed E-state index contributed by atoms with van der Waals surface area (Å²) in [7, 11) is 0. The van der Waals surface area contributed by atoms with Crippen LogP contribution in [0, 0.1) is 0 Å². The molecule has 1 heterocycles. The van der Waals surface area contributed by atoms with Crippen molar-refractivity contribution in [3.63, 3.8) is 0 Å². The second kappa shape index (κ2) is 5.71. The lowest BCUT2D eigenvalue weighted by molar-refractivity contribution is 0.474. The number of ether oxygens (including phenoxy) is 1. The Balaban J connectivity index is 2.20. The standard InChI is InChI=1S/C13H14BrN3OS/c1-8(2)17-7-10(6-16-17)18-12-4-3-9(13(15)19)5-11(12)14/h3-8H,1-2H3,(H2,15,19). The molecule has 0 radical (unpaired) electrons. The van der Waals surface area contributed by atoms with Crippen LogP contribution >= 0.6 is 28.1 Å². The van der Waals surface area contributed by atoms with Gasteiger partial charge in [0.2, 0.25) is 0 Å². The molecule has 1 aromatic heterocycles. The van der Waals surface area contributed by atoms with E-state index in [1.54, 1.807) is 6.20 Å². The quantitative estimate of drug-likeness (QED) is 0.863. The summed E-state index contributed by atoms with van der Waals surface area (Å²) in [4.78, 5) is 0.361. The zero-order valence-electron chi connectivity index (χ0n) is 10.6. The van der Waals surface area contributed by atoms with Gasteiger partial charge in [-0.05, 0) is 48.0 Å². The molecule has 2 aromatic rings. The molecular formula is C13H14BrN3OS. The van der Waals surface area contributed by atoms with Gasteiger partial charge in [0, 0.05) is 11.6 Å². The molecule has 0 unspecified atom stereocenters. The van der Waals surface area contributed by atoms with Crippen molar-refractivity contribution >= 4 is 33.1 Å². The minimum absolute atomic E-state index is 0.304. The predicted octanol–water partition coefficient (Wildman–Crippen LogP) is 3.65. The van der Waals surface area contributed by atoms with Gasteiger partial charge in [0.15, 0.2) is 5.75 Å². The van der Waals surface area contributed by atoms with E-state index >= 15 is 0 Å². The van der Waals surface area contributed by atoms with Gasteiger partial charge in [-0.2, -0.15) is 5.10 Å². The molecule has 1 aromatic carbocycles. The van der Waals surface area contributed by atoms with E-state index < -0.39 is 0 Å². The number of nitrogens with zero attached hydrogens (tertiary/aromatic N) is 2. The van der Waals surface area contributed by atoms with Crippen molar-refractivity contribution < 1.29 is 4.74 Å². The fraction of sp³-hybridized carbons (Fsp3) is 0.231. The lowest BCUT2D eigenvalue weighted by Crippen LogP contribution is -2.08. The highest BCUT2D eigenvalue weighted by atomic mass is 79.9. The molecular weight excluding hydrogens is 326 g/mol. The van der Waals surface area contributed by atoms with Crippen LogP contribution in [0.15, 0.2) is 35.1 Å². The van der Waals surface area contributed by atoms with Crippen molar-refractivity contribution in [1.29, 1.82) is 0 Å². The molecule has 0 bridgehead atoms. The van der Waals surface area contributed by atoms with E-state index in [2.05, 4.69) is 34.9 Å². The number of aromatic nitrogens is 2. The van der Waals surface area contributed by atoms with Crippen LogP contribution in [0.3, 0.4) is 0 Å². The molecule has 0 atom stereocenters. The van der Waals surface area contributed by atoms with Crippen molar-refractivity contribution in [2.24, 2.45) is 5.73 Å². The Morgan fingerprint density at radius 2 is 2.21 bits per heavy atom. The van der Waals surface area contributed by atoms with Crippen LogP contribution in [-0.2, 0) is 0 Å². The zero-order chi connectivity index (χ0) is 14.0. The largest absolute Gasteiger partial charge is 0.453 e. The molecule has 0 saturated carbocycles. The summed E-state index contributed by atoms with van der Waals surface area (Å²) in [6, 6.07) is 5.79. The maximum atomic E-state index is 5.76. The van der Waals surface area contributed by atoms with Gasteiger partial charge in [0.25, 0.3) is 0 Å². The monoisotopic (exact) mass is 339 g/mol. The second-order valence-electron chi connectivity index (χ2n) is 4.36. The molecule has 0 aliphatic rings. The van der Waals surface area contributed by atoms with Crippen LogP contribution < -0.4 is 10.5 Å². The summed E-state index contributed by atoms with van der Waals surface area (Å²) in [6.45, 7) is 4.12. The average molecular weight is 340 g/mol. The van der Waals surface area contributed by atoms with E-state index in [9.17, 15) is 0 Å². The SMILES string of the molecule is CC(C)n1cc(Oc2ccc(C(N)=S)cc2Br)cn1. The van der Waals surface area contributed by atoms with Gasteiger partial charge in [-0.25, -0.2) is 0 Å². The Labute approximate surface area is 125 Å². The fourth-order valence-corrected chi connectivity index (χ4v) is 2.11. The highest BCUT2D eigenvalue weighted by Gasteiger charge is 2.08. The molecule has 0 spiro atoms. The van der Waals surface area contributed by atoms with Crippen molar-refractivity contribution in [2.45, 2.75) is 19.9 Å². The van der Waals surface area contributed by atoms with Crippen LogP contribution in [0.25, 0.3) is 0 Å². The first kappa shape index (κ1) is 14.0. The molecule has 4 nitrogen and oxygen atoms in total. The molecule has 0 aliphatic carbocycles. The average Bonchev–Trinajstić information content (AvgIpc) is 2.80. The minimum atomic E-state index is 0.304. The van der Waals surface area contributed by atoms with Gasteiger partial charge in [-0.3, -0.25) is 4.68 Å². The Hall–Kier alpha value is -1.40. The van der Waals surface area contributed by atoms with Crippen LogP contribution in [0.4, 0.5) is 0 Å². The molecule has 0 amide bonds. The van der Waals surface area contributed by atoms with Gasteiger partial charge in [-0.15, -0.1) is 0 Å². The Bertz CT molecular complexity index is 610. The van der Waals surface area contributed by atoms with Crippen LogP contribution in [0.1, 0.15) is 25.5 Å². The number of hydrogen-bond donors (Lipinski definition) is 1. The third-order valence-electron chi connectivity index (χ3n) is 2.55. The third kappa shape index (κ3) is 3.33. The molecule has 2 rings (SSSR count). The highest BCUT2D eigenvalue weighted by Crippen LogP contribution is 2.30. The fourth-order valence-electron chi connectivity index (χ4n) is 1.52. The van der Waals surface area contributed by atoms with Crippen molar-refractivity contribution in [2.75, 3.05) is 0 Å². The van der Waals surface area contributed by atoms with Gasteiger partial charge >= 0.3 is 0 Å². The molecule has 0 aliphatic heterocycles. The van der Waals surface area contributed by atoms with E-state index in [1.807, 2.05) is 29.1 Å². The van der Waals surface area contributed by atoms with Gasteiger partial charge in [-0.1, -0.05) is 12.2 Å². The molecule has 0 saturated heterocycles. The van der Waals surface area contributed by atoms with E-state index in [0.717, 1.165) is 10.0 Å². The van der Waals surface area contributed by atoms with E-state index in [1.165, 1.54) is 0 Å². The topological polar surface area (TPSA) is 53.1 Å². The summed E-state index contributed by atoms with van der Waals surface area (Å²) in [5.74, 6) is 1.39.